The fourth-order valence-electron chi connectivity index (χ4n) is 5.11. The van der Waals surface area contributed by atoms with Crippen molar-refractivity contribution >= 4 is 44.6 Å². The van der Waals surface area contributed by atoms with Crippen molar-refractivity contribution in [2.45, 2.75) is 13.8 Å². The van der Waals surface area contributed by atoms with Gasteiger partial charge in [-0.2, -0.15) is 0 Å². The number of piperazine rings is 2. The summed E-state index contributed by atoms with van der Waals surface area (Å²) >= 11 is 1.49. The van der Waals surface area contributed by atoms with Gasteiger partial charge in [0.05, 0.1) is 11.4 Å². The minimum absolute atomic E-state index is 0.0248. The van der Waals surface area contributed by atoms with Crippen LogP contribution in [0.2, 0.25) is 0 Å². The zero-order chi connectivity index (χ0) is 25.2. The molecule has 2 aliphatic rings. The molecule has 8 heteroatoms. The Labute approximate surface area is 217 Å². The molecule has 2 aliphatic heterocycles. The molecule has 0 radical (unpaired) electrons. The summed E-state index contributed by atoms with van der Waals surface area (Å²) < 4.78 is 1.10. The van der Waals surface area contributed by atoms with Crippen molar-refractivity contribution in [1.82, 2.24) is 15.1 Å². The van der Waals surface area contributed by atoms with E-state index in [-0.39, 0.29) is 18.4 Å². The van der Waals surface area contributed by atoms with Gasteiger partial charge in [-0.1, -0.05) is 18.2 Å². The van der Waals surface area contributed by atoms with Crippen molar-refractivity contribution in [2.24, 2.45) is 0 Å². The molecule has 190 valence electrons. The lowest BCUT2D eigenvalue weighted by molar-refractivity contribution is -0.130. The standard InChI is InChI=1S/C28H35N5O2S/c1-20-6-4-7-23(21(20)2)31-14-16-33(17-15-31)27(34)19-29-28(35)26-18-22-24(8-5-9-25(22)36-26)32-12-10-30(3)11-13-32/h4-9,18H,10-17,19H2,1-3H3,(H,29,35). The number of hydrogen-bond donors (Lipinski definition) is 1. The van der Waals surface area contributed by atoms with Gasteiger partial charge in [-0.3, -0.25) is 9.59 Å². The van der Waals surface area contributed by atoms with E-state index in [0.29, 0.717) is 18.0 Å². The lowest BCUT2D eigenvalue weighted by Crippen LogP contribution is -2.51. The van der Waals surface area contributed by atoms with E-state index in [0.717, 1.165) is 49.4 Å². The molecule has 3 aromatic rings. The number of fused-ring (bicyclic) bond motifs is 1. The fourth-order valence-corrected chi connectivity index (χ4v) is 6.11. The number of nitrogens with one attached hydrogen (secondary N) is 1. The number of hydrogen-bond acceptors (Lipinski definition) is 6. The molecular weight excluding hydrogens is 470 g/mol. The Hall–Kier alpha value is -3.10. The van der Waals surface area contributed by atoms with E-state index in [1.165, 1.54) is 33.8 Å². The lowest BCUT2D eigenvalue weighted by atomic mass is 10.1. The second-order valence-electron chi connectivity index (χ2n) is 9.86. The number of rotatable bonds is 5. The lowest BCUT2D eigenvalue weighted by Gasteiger charge is -2.37. The molecule has 7 nitrogen and oxygen atoms in total. The van der Waals surface area contributed by atoms with Crippen molar-refractivity contribution in [3.63, 3.8) is 0 Å². The molecule has 5 rings (SSSR count). The van der Waals surface area contributed by atoms with Gasteiger partial charge in [0.25, 0.3) is 5.91 Å². The number of nitrogens with zero attached hydrogens (tertiary/aromatic N) is 4. The van der Waals surface area contributed by atoms with Crippen LogP contribution in [-0.2, 0) is 4.79 Å². The smallest absolute Gasteiger partial charge is 0.261 e. The summed E-state index contributed by atoms with van der Waals surface area (Å²) in [6.07, 6.45) is 0. The number of carbonyl (C=O) groups excluding carboxylic acids is 2. The topological polar surface area (TPSA) is 59.1 Å². The van der Waals surface area contributed by atoms with Gasteiger partial charge in [0.15, 0.2) is 0 Å². The molecule has 0 saturated carbocycles. The SMILES string of the molecule is Cc1cccc(N2CCN(C(=O)CNC(=O)c3cc4c(N5CCN(C)CC5)cccc4s3)CC2)c1C. The normalized spacial score (nSPS) is 17.0. The third-order valence-electron chi connectivity index (χ3n) is 7.56. The van der Waals surface area contributed by atoms with Crippen molar-refractivity contribution in [2.75, 3.05) is 75.8 Å². The minimum atomic E-state index is -0.178. The maximum atomic E-state index is 12.9. The van der Waals surface area contributed by atoms with Crippen LogP contribution < -0.4 is 15.1 Å². The van der Waals surface area contributed by atoms with Gasteiger partial charge in [-0.05, 0) is 56.3 Å². The van der Waals surface area contributed by atoms with Gasteiger partial charge < -0.3 is 24.9 Å². The average Bonchev–Trinajstić information content (AvgIpc) is 3.34. The van der Waals surface area contributed by atoms with Crippen LogP contribution in [0, 0.1) is 13.8 Å². The number of anilines is 2. The second-order valence-corrected chi connectivity index (χ2v) is 10.9. The number of aryl methyl sites for hydroxylation is 1. The Balaban J connectivity index is 1.17. The fraction of sp³-hybridized carbons (Fsp3) is 0.429. The van der Waals surface area contributed by atoms with Gasteiger partial charge in [0, 0.05) is 73.8 Å². The van der Waals surface area contributed by atoms with Gasteiger partial charge in [0.1, 0.15) is 0 Å². The summed E-state index contributed by atoms with van der Waals surface area (Å²) in [6.45, 7) is 11.3. The van der Waals surface area contributed by atoms with Crippen LogP contribution in [0.25, 0.3) is 10.1 Å². The molecule has 0 spiro atoms. The number of benzene rings is 2. The Morgan fingerprint density at radius 3 is 2.25 bits per heavy atom. The quantitative estimate of drug-likeness (QED) is 0.576. The highest BCUT2D eigenvalue weighted by Crippen LogP contribution is 2.34. The number of likely N-dealkylation sites (N-methyl/N-ethyl adjacent to an activating group) is 1. The van der Waals surface area contributed by atoms with E-state index in [4.69, 9.17) is 0 Å². The minimum Gasteiger partial charge on any atom is -0.368 e. The summed E-state index contributed by atoms with van der Waals surface area (Å²) in [5, 5.41) is 3.98. The zero-order valence-electron chi connectivity index (χ0n) is 21.4. The van der Waals surface area contributed by atoms with Crippen LogP contribution in [-0.4, -0.2) is 87.6 Å². The highest BCUT2D eigenvalue weighted by molar-refractivity contribution is 7.20. The predicted molar refractivity (Wildman–Crippen MR) is 149 cm³/mol. The number of amides is 2. The second kappa shape index (κ2) is 10.5. The van der Waals surface area contributed by atoms with E-state index in [1.54, 1.807) is 0 Å². The molecule has 1 N–H and O–H groups in total. The van der Waals surface area contributed by atoms with Crippen LogP contribution in [0.4, 0.5) is 11.4 Å². The molecule has 36 heavy (non-hydrogen) atoms. The van der Waals surface area contributed by atoms with Crippen molar-refractivity contribution in [1.29, 1.82) is 0 Å². The van der Waals surface area contributed by atoms with Crippen LogP contribution in [0.5, 0.6) is 0 Å². The maximum absolute atomic E-state index is 12.9. The van der Waals surface area contributed by atoms with Crippen molar-refractivity contribution in [3.8, 4) is 0 Å². The highest BCUT2D eigenvalue weighted by atomic mass is 32.1. The molecule has 1 aromatic heterocycles. The predicted octanol–water partition coefficient (Wildman–Crippen LogP) is 3.35. The largest absolute Gasteiger partial charge is 0.368 e. The highest BCUT2D eigenvalue weighted by Gasteiger charge is 2.23. The Morgan fingerprint density at radius 1 is 0.861 bits per heavy atom. The molecule has 0 unspecified atom stereocenters. The zero-order valence-corrected chi connectivity index (χ0v) is 22.2. The van der Waals surface area contributed by atoms with Gasteiger partial charge in [0.2, 0.25) is 5.91 Å². The van der Waals surface area contributed by atoms with Crippen LogP contribution in [0.3, 0.4) is 0 Å². The van der Waals surface area contributed by atoms with Gasteiger partial charge in [-0.15, -0.1) is 11.3 Å². The monoisotopic (exact) mass is 505 g/mol. The summed E-state index contributed by atoms with van der Waals surface area (Å²) in [4.78, 5) is 35.4. The molecule has 0 aliphatic carbocycles. The van der Waals surface area contributed by atoms with Crippen LogP contribution in [0.15, 0.2) is 42.5 Å². The third-order valence-corrected chi connectivity index (χ3v) is 8.65. The van der Waals surface area contributed by atoms with E-state index in [1.807, 2.05) is 11.0 Å². The van der Waals surface area contributed by atoms with Crippen LogP contribution >= 0.6 is 11.3 Å². The van der Waals surface area contributed by atoms with Gasteiger partial charge >= 0.3 is 0 Å². The van der Waals surface area contributed by atoms with E-state index < -0.39 is 0 Å². The maximum Gasteiger partial charge on any atom is 0.261 e. The van der Waals surface area contributed by atoms with E-state index in [2.05, 4.69) is 77.3 Å². The summed E-state index contributed by atoms with van der Waals surface area (Å²) in [6, 6.07) is 14.6. The first kappa shape index (κ1) is 24.6. The molecule has 2 amide bonds. The number of thiophene rings is 1. The molecule has 0 atom stereocenters. The molecule has 2 saturated heterocycles. The van der Waals surface area contributed by atoms with Crippen LogP contribution in [0.1, 0.15) is 20.8 Å². The Bertz CT molecular complexity index is 1260. The van der Waals surface area contributed by atoms with E-state index in [9.17, 15) is 9.59 Å². The molecule has 2 fully saturated rings. The Morgan fingerprint density at radius 2 is 1.50 bits per heavy atom. The molecule has 0 bridgehead atoms. The van der Waals surface area contributed by atoms with Crippen molar-refractivity contribution < 1.29 is 9.59 Å². The molecule has 2 aromatic carbocycles. The Kier molecular flexibility index (Phi) is 7.16. The van der Waals surface area contributed by atoms with Gasteiger partial charge in [-0.25, -0.2) is 0 Å². The summed E-state index contributed by atoms with van der Waals surface area (Å²) in [7, 11) is 2.15. The molecule has 3 heterocycles. The molecular formula is C28H35N5O2S. The first-order valence-corrected chi connectivity index (χ1v) is 13.6. The van der Waals surface area contributed by atoms with E-state index >= 15 is 0 Å². The summed E-state index contributed by atoms with van der Waals surface area (Å²) in [5.41, 5.74) is 5.01. The first-order chi connectivity index (χ1) is 17.4. The average molecular weight is 506 g/mol. The first-order valence-electron chi connectivity index (χ1n) is 12.7. The summed E-state index contributed by atoms with van der Waals surface area (Å²) in [5.74, 6) is -0.203. The number of carbonyl (C=O) groups is 2. The van der Waals surface area contributed by atoms with Crippen molar-refractivity contribution in [3.05, 3.63) is 58.5 Å². The third kappa shape index (κ3) is 5.06.